The molecule has 0 unspecified atom stereocenters. The van der Waals surface area contributed by atoms with E-state index in [1.54, 1.807) is 31.9 Å². The summed E-state index contributed by atoms with van der Waals surface area (Å²) in [5, 5.41) is 2.57. The van der Waals surface area contributed by atoms with Gasteiger partial charge in [-0.15, -0.1) is 0 Å². The molecule has 1 aliphatic heterocycles. The highest BCUT2D eigenvalue weighted by Crippen LogP contribution is 2.16. The summed E-state index contributed by atoms with van der Waals surface area (Å²) < 4.78 is 4.98. The van der Waals surface area contributed by atoms with E-state index >= 15 is 0 Å². The molecule has 1 rings (SSSR count). The summed E-state index contributed by atoms with van der Waals surface area (Å²) in [6.45, 7) is 16.9. The lowest BCUT2D eigenvalue weighted by Gasteiger charge is -2.32. The number of piperidine rings is 1. The Morgan fingerprint density at radius 2 is 1.69 bits per heavy atom. The topological polar surface area (TPSA) is 79.0 Å². The van der Waals surface area contributed by atoms with Crippen LogP contribution in [0.4, 0.5) is 0 Å². The standard InChI is InChI=1S/C17H30N2O4.C8H17N/c1-7-9-14(18-11-20)16(21)19(6)15(12(3)4)10-13(5)17(22)23-8-2;1-8(2)9-6-4-3-5-7-9/h10-12,14-15H,7-9H2,1-6H3,(H,18,20);8H,3-7H2,1-2H3/b13-10+;/t14-,15-;/m1./s1. The maximum Gasteiger partial charge on any atom is 0.333 e. The molecule has 2 amide bonds. The smallest absolute Gasteiger partial charge is 0.333 e. The number of likely N-dealkylation sites (N-methyl/N-ethyl adjacent to an activating group) is 1. The first kappa shape index (κ1) is 30.1. The van der Waals surface area contributed by atoms with E-state index in [0.717, 1.165) is 12.5 Å². The molecule has 0 saturated carbocycles. The average Bonchev–Trinajstić information content (AvgIpc) is 2.77. The fourth-order valence-electron chi connectivity index (χ4n) is 3.80. The highest BCUT2D eigenvalue weighted by molar-refractivity contribution is 5.88. The molecular formula is C25H47N3O4. The van der Waals surface area contributed by atoms with Gasteiger partial charge >= 0.3 is 5.97 Å². The first-order valence-corrected chi connectivity index (χ1v) is 12.2. The second-order valence-electron chi connectivity index (χ2n) is 9.07. The van der Waals surface area contributed by atoms with Crippen molar-refractivity contribution < 1.29 is 19.1 Å². The van der Waals surface area contributed by atoms with Gasteiger partial charge in [0.05, 0.1) is 12.6 Å². The van der Waals surface area contributed by atoms with Crippen molar-refractivity contribution in [1.82, 2.24) is 15.1 Å². The van der Waals surface area contributed by atoms with Crippen molar-refractivity contribution in [2.24, 2.45) is 5.92 Å². The lowest BCUT2D eigenvalue weighted by Crippen LogP contribution is -2.49. The fourth-order valence-corrected chi connectivity index (χ4v) is 3.80. The van der Waals surface area contributed by atoms with Crippen LogP contribution in [0.1, 0.15) is 80.6 Å². The van der Waals surface area contributed by atoms with Gasteiger partial charge in [0.15, 0.2) is 0 Å². The Morgan fingerprint density at radius 3 is 2.09 bits per heavy atom. The van der Waals surface area contributed by atoms with Gasteiger partial charge in [-0.2, -0.15) is 0 Å². The highest BCUT2D eigenvalue weighted by Gasteiger charge is 2.27. The van der Waals surface area contributed by atoms with E-state index in [2.05, 4.69) is 24.1 Å². The Labute approximate surface area is 195 Å². The predicted octanol–water partition coefficient (Wildman–Crippen LogP) is 3.77. The Morgan fingerprint density at radius 1 is 1.09 bits per heavy atom. The Bertz CT molecular complexity index is 584. The van der Waals surface area contributed by atoms with Crippen LogP contribution in [0, 0.1) is 5.92 Å². The number of carbonyl (C=O) groups is 3. The molecule has 2 atom stereocenters. The summed E-state index contributed by atoms with van der Waals surface area (Å²) in [4.78, 5) is 39.2. The van der Waals surface area contributed by atoms with Gasteiger partial charge in [-0.3, -0.25) is 9.59 Å². The molecule has 7 heteroatoms. The van der Waals surface area contributed by atoms with Crippen LogP contribution in [0.5, 0.6) is 0 Å². The molecule has 0 aromatic rings. The van der Waals surface area contributed by atoms with Crippen LogP contribution in [-0.2, 0) is 19.1 Å². The summed E-state index contributed by atoms with van der Waals surface area (Å²) in [5.41, 5.74) is 0.473. The van der Waals surface area contributed by atoms with E-state index in [1.807, 2.05) is 20.8 Å². The largest absolute Gasteiger partial charge is 0.463 e. The molecule has 186 valence electrons. The highest BCUT2D eigenvalue weighted by atomic mass is 16.5. The molecule has 0 aromatic carbocycles. The molecule has 1 saturated heterocycles. The number of hydrogen-bond donors (Lipinski definition) is 1. The van der Waals surface area contributed by atoms with Crippen molar-refractivity contribution in [2.45, 2.75) is 98.7 Å². The van der Waals surface area contributed by atoms with Crippen molar-refractivity contribution in [1.29, 1.82) is 0 Å². The molecule has 1 N–H and O–H groups in total. The zero-order chi connectivity index (χ0) is 24.7. The van der Waals surface area contributed by atoms with E-state index < -0.39 is 6.04 Å². The van der Waals surface area contributed by atoms with Crippen LogP contribution in [-0.4, -0.2) is 73.0 Å². The van der Waals surface area contributed by atoms with Crippen molar-refractivity contribution >= 4 is 18.3 Å². The van der Waals surface area contributed by atoms with Crippen LogP contribution in [0.15, 0.2) is 11.6 Å². The van der Waals surface area contributed by atoms with Crippen molar-refractivity contribution in [3.05, 3.63) is 11.6 Å². The quantitative estimate of drug-likeness (QED) is 0.293. The molecule has 1 fully saturated rings. The third kappa shape index (κ3) is 11.1. The minimum absolute atomic E-state index is 0.117. The molecule has 0 aromatic heterocycles. The van der Waals surface area contributed by atoms with Gasteiger partial charge in [-0.1, -0.05) is 39.7 Å². The first-order valence-electron chi connectivity index (χ1n) is 12.2. The lowest BCUT2D eigenvalue weighted by molar-refractivity contribution is -0.139. The maximum absolute atomic E-state index is 12.6. The zero-order valence-electron chi connectivity index (χ0n) is 21.6. The van der Waals surface area contributed by atoms with Gasteiger partial charge in [0.2, 0.25) is 12.3 Å². The lowest BCUT2D eigenvalue weighted by atomic mass is 9.99. The molecule has 0 spiro atoms. The van der Waals surface area contributed by atoms with E-state index in [0.29, 0.717) is 25.0 Å². The molecular weight excluding hydrogens is 406 g/mol. The Kier molecular flexibility index (Phi) is 15.7. The SMILES string of the molecule is CC(C)N1CCCCC1.CCC[C@@H](NC=O)C(=O)N(C)[C@H](/C=C(\C)C(=O)OCC)C(C)C. The van der Waals surface area contributed by atoms with Gasteiger partial charge in [-0.05, 0) is 66.0 Å². The monoisotopic (exact) mass is 453 g/mol. The summed E-state index contributed by atoms with van der Waals surface area (Å²) in [6, 6.07) is -0.0231. The van der Waals surface area contributed by atoms with Gasteiger partial charge in [-0.25, -0.2) is 4.79 Å². The number of amides is 2. The summed E-state index contributed by atoms with van der Waals surface area (Å²) >= 11 is 0. The van der Waals surface area contributed by atoms with E-state index in [-0.39, 0.29) is 23.8 Å². The third-order valence-electron chi connectivity index (χ3n) is 5.76. The molecule has 32 heavy (non-hydrogen) atoms. The minimum atomic E-state index is -0.542. The first-order chi connectivity index (χ1) is 15.1. The summed E-state index contributed by atoms with van der Waals surface area (Å²) in [7, 11) is 1.69. The number of rotatable bonds is 11. The van der Waals surface area contributed by atoms with Crippen LogP contribution in [0.25, 0.3) is 0 Å². The Balaban J connectivity index is 0.000000879. The Hall–Kier alpha value is -1.89. The van der Waals surface area contributed by atoms with E-state index in [4.69, 9.17) is 4.74 Å². The molecule has 0 aliphatic carbocycles. The number of nitrogens with one attached hydrogen (secondary N) is 1. The van der Waals surface area contributed by atoms with Gasteiger partial charge < -0.3 is 19.9 Å². The molecule has 1 aliphatic rings. The second kappa shape index (κ2) is 16.7. The summed E-state index contributed by atoms with van der Waals surface area (Å²) in [5.74, 6) is -0.424. The summed E-state index contributed by atoms with van der Waals surface area (Å²) in [6.07, 6.45) is 7.95. The minimum Gasteiger partial charge on any atom is -0.463 e. The van der Waals surface area contributed by atoms with Crippen molar-refractivity contribution in [2.75, 3.05) is 26.7 Å². The zero-order valence-corrected chi connectivity index (χ0v) is 21.6. The van der Waals surface area contributed by atoms with Gasteiger partial charge in [0.25, 0.3) is 0 Å². The van der Waals surface area contributed by atoms with E-state index in [9.17, 15) is 14.4 Å². The number of hydrogen-bond acceptors (Lipinski definition) is 5. The van der Waals surface area contributed by atoms with Crippen molar-refractivity contribution in [3.8, 4) is 0 Å². The molecule has 0 bridgehead atoms. The van der Waals surface area contributed by atoms with Crippen LogP contribution >= 0.6 is 0 Å². The van der Waals surface area contributed by atoms with Gasteiger partial charge in [0, 0.05) is 18.7 Å². The van der Waals surface area contributed by atoms with Crippen LogP contribution in [0.3, 0.4) is 0 Å². The van der Waals surface area contributed by atoms with Crippen molar-refractivity contribution in [3.63, 3.8) is 0 Å². The van der Waals surface area contributed by atoms with Crippen LogP contribution < -0.4 is 5.32 Å². The fraction of sp³-hybridized carbons (Fsp3) is 0.800. The third-order valence-corrected chi connectivity index (χ3v) is 5.76. The maximum atomic E-state index is 12.6. The average molecular weight is 454 g/mol. The molecule has 0 radical (unpaired) electrons. The number of ether oxygens (including phenoxy) is 1. The second-order valence-corrected chi connectivity index (χ2v) is 9.07. The number of esters is 1. The molecule has 1 heterocycles. The number of carbonyl (C=O) groups excluding carboxylic acids is 3. The molecule has 7 nitrogen and oxygen atoms in total. The number of likely N-dealkylation sites (tertiary alicyclic amines) is 1. The van der Waals surface area contributed by atoms with Gasteiger partial charge in [0.1, 0.15) is 6.04 Å². The predicted molar refractivity (Wildman–Crippen MR) is 130 cm³/mol. The van der Waals surface area contributed by atoms with Crippen LogP contribution in [0.2, 0.25) is 0 Å². The number of nitrogens with zero attached hydrogens (tertiary/aromatic N) is 2. The normalized spacial score (nSPS) is 16.6. The van der Waals surface area contributed by atoms with E-state index in [1.165, 1.54) is 32.4 Å².